The third-order valence-corrected chi connectivity index (χ3v) is 4.71. The highest BCUT2D eigenvalue weighted by Gasteiger charge is 2.42. The van der Waals surface area contributed by atoms with Gasteiger partial charge in [-0.05, 0) is 29.8 Å². The first-order valence-corrected chi connectivity index (χ1v) is 9.71. The smallest absolute Gasteiger partial charge is 0.496 e. The Hall–Kier alpha value is -3.90. The topological polar surface area (TPSA) is 46.2 Å². The van der Waals surface area contributed by atoms with Gasteiger partial charge in [-0.2, -0.15) is 8.78 Å². The first kappa shape index (κ1) is 26.7. The van der Waals surface area contributed by atoms with Crippen LogP contribution in [0.1, 0.15) is 5.56 Å². The third kappa shape index (κ3) is 5.66. The van der Waals surface area contributed by atoms with Crippen LogP contribution in [0.3, 0.4) is 0 Å². The van der Waals surface area contributed by atoms with E-state index in [1.165, 1.54) is 33.5 Å². The van der Waals surface area contributed by atoms with E-state index < -0.39 is 47.0 Å². The standard InChI is InChI=1S/C23H16F8O5/c1-32-13-9-18(33-2)20(19(10-13)34-3)11-6-15(25)21(16(26)7-11)22(27,28)35-12-4-5-17(14(24)8-12)36-23(29,30)31/h4-10H,1-3H3. The maximum Gasteiger partial charge on any atom is 0.573 e. The van der Waals surface area contributed by atoms with Gasteiger partial charge in [0.15, 0.2) is 11.6 Å². The first-order chi connectivity index (χ1) is 16.8. The van der Waals surface area contributed by atoms with E-state index in [0.29, 0.717) is 24.3 Å². The summed E-state index contributed by atoms with van der Waals surface area (Å²) in [7, 11) is 3.86. The Morgan fingerprint density at radius 2 is 1.14 bits per heavy atom. The minimum atomic E-state index is -5.24. The molecule has 5 nitrogen and oxygen atoms in total. The summed E-state index contributed by atoms with van der Waals surface area (Å²) < 4.78 is 133. The molecule has 0 N–H and O–H groups in total. The quantitative estimate of drug-likeness (QED) is 0.303. The largest absolute Gasteiger partial charge is 0.573 e. The SMILES string of the molecule is COc1cc(OC)c(-c2cc(F)c(C(F)(F)Oc3ccc(OC(F)(F)F)c(F)c3)c(F)c2)c(OC)c1. The minimum absolute atomic E-state index is 0.0247. The number of alkyl halides is 5. The number of hydrogen-bond donors (Lipinski definition) is 0. The lowest BCUT2D eigenvalue weighted by atomic mass is 10.00. The molecule has 0 aliphatic carbocycles. The molecule has 0 atom stereocenters. The van der Waals surface area contributed by atoms with Crippen molar-refractivity contribution in [1.82, 2.24) is 0 Å². The molecule has 0 fully saturated rings. The lowest BCUT2D eigenvalue weighted by Gasteiger charge is -2.21. The van der Waals surface area contributed by atoms with Crippen molar-refractivity contribution in [3.8, 4) is 39.9 Å². The van der Waals surface area contributed by atoms with Gasteiger partial charge in [0, 0.05) is 18.2 Å². The van der Waals surface area contributed by atoms with Crippen LogP contribution in [0.25, 0.3) is 11.1 Å². The van der Waals surface area contributed by atoms with Crippen LogP contribution < -0.4 is 23.7 Å². The molecule has 0 saturated carbocycles. The highest BCUT2D eigenvalue weighted by Crippen LogP contribution is 2.44. The summed E-state index contributed by atoms with van der Waals surface area (Å²) in [5.74, 6) is -7.13. The van der Waals surface area contributed by atoms with E-state index in [2.05, 4.69) is 9.47 Å². The highest BCUT2D eigenvalue weighted by atomic mass is 19.4. The first-order valence-electron chi connectivity index (χ1n) is 9.71. The van der Waals surface area contributed by atoms with Gasteiger partial charge in [0.1, 0.15) is 40.2 Å². The molecule has 13 heteroatoms. The summed E-state index contributed by atoms with van der Waals surface area (Å²) in [6, 6.07) is 4.92. The molecule has 0 spiro atoms. The second kappa shape index (κ2) is 9.99. The second-order valence-corrected chi connectivity index (χ2v) is 6.98. The fourth-order valence-corrected chi connectivity index (χ4v) is 3.24. The predicted molar refractivity (Wildman–Crippen MR) is 109 cm³/mol. The summed E-state index contributed by atoms with van der Waals surface area (Å²) in [5, 5.41) is 0. The van der Waals surface area contributed by atoms with E-state index >= 15 is 0 Å². The Balaban J connectivity index is 2.00. The molecule has 0 aliphatic rings. The number of benzene rings is 3. The fourth-order valence-electron chi connectivity index (χ4n) is 3.24. The van der Waals surface area contributed by atoms with Gasteiger partial charge in [-0.1, -0.05) is 0 Å². The van der Waals surface area contributed by atoms with Crippen molar-refractivity contribution in [1.29, 1.82) is 0 Å². The molecule has 0 radical (unpaired) electrons. The lowest BCUT2D eigenvalue weighted by molar-refractivity contribution is -0.275. The van der Waals surface area contributed by atoms with Gasteiger partial charge in [-0.3, -0.25) is 0 Å². The van der Waals surface area contributed by atoms with E-state index in [1.807, 2.05) is 0 Å². The van der Waals surface area contributed by atoms with E-state index in [4.69, 9.17) is 14.2 Å². The van der Waals surface area contributed by atoms with Crippen molar-refractivity contribution in [3.63, 3.8) is 0 Å². The number of hydrogen-bond acceptors (Lipinski definition) is 5. The number of halogens is 8. The number of rotatable bonds is 8. The normalized spacial score (nSPS) is 11.8. The van der Waals surface area contributed by atoms with Crippen molar-refractivity contribution in [3.05, 3.63) is 65.5 Å². The van der Waals surface area contributed by atoms with Crippen LogP contribution in [0.4, 0.5) is 35.1 Å². The zero-order chi connectivity index (χ0) is 26.8. The van der Waals surface area contributed by atoms with Crippen molar-refractivity contribution in [2.75, 3.05) is 21.3 Å². The number of methoxy groups -OCH3 is 3. The molecule has 0 amide bonds. The average molecular weight is 524 g/mol. The van der Waals surface area contributed by atoms with Gasteiger partial charge in [0.2, 0.25) is 0 Å². The molecule has 0 saturated heterocycles. The molecule has 0 bridgehead atoms. The van der Waals surface area contributed by atoms with Crippen LogP contribution in [0.2, 0.25) is 0 Å². The molecular formula is C23H16F8O5. The molecular weight excluding hydrogens is 508 g/mol. The van der Waals surface area contributed by atoms with Gasteiger partial charge in [0.05, 0.1) is 26.9 Å². The van der Waals surface area contributed by atoms with E-state index in [0.717, 1.165) is 0 Å². The van der Waals surface area contributed by atoms with Crippen LogP contribution in [0.5, 0.6) is 28.7 Å². The molecule has 0 unspecified atom stereocenters. The zero-order valence-corrected chi connectivity index (χ0v) is 18.6. The number of ether oxygens (including phenoxy) is 5. The van der Waals surface area contributed by atoms with Gasteiger partial charge < -0.3 is 23.7 Å². The van der Waals surface area contributed by atoms with Gasteiger partial charge in [-0.25, -0.2) is 13.2 Å². The van der Waals surface area contributed by atoms with Crippen LogP contribution in [0, 0.1) is 17.5 Å². The Bertz CT molecular complexity index is 1210. The van der Waals surface area contributed by atoms with Crippen molar-refractivity contribution < 1.29 is 58.8 Å². The van der Waals surface area contributed by atoms with E-state index in [-0.39, 0.29) is 34.4 Å². The van der Waals surface area contributed by atoms with Crippen molar-refractivity contribution in [2.24, 2.45) is 0 Å². The summed E-state index contributed by atoms with van der Waals surface area (Å²) >= 11 is 0. The molecule has 0 aromatic heterocycles. The monoisotopic (exact) mass is 524 g/mol. The van der Waals surface area contributed by atoms with E-state index in [1.54, 1.807) is 0 Å². The molecule has 194 valence electrons. The van der Waals surface area contributed by atoms with Gasteiger partial charge >= 0.3 is 12.5 Å². The van der Waals surface area contributed by atoms with Crippen molar-refractivity contribution in [2.45, 2.75) is 12.5 Å². The second-order valence-electron chi connectivity index (χ2n) is 6.98. The Morgan fingerprint density at radius 1 is 0.583 bits per heavy atom. The molecule has 3 aromatic carbocycles. The Morgan fingerprint density at radius 3 is 1.58 bits per heavy atom. The molecule has 0 aliphatic heterocycles. The summed E-state index contributed by atoms with van der Waals surface area (Å²) in [5.41, 5.74) is -2.04. The van der Waals surface area contributed by atoms with Crippen LogP contribution in [0.15, 0.2) is 42.5 Å². The molecule has 3 rings (SSSR count). The summed E-state index contributed by atoms with van der Waals surface area (Å²) in [6.07, 6.45) is -9.93. The van der Waals surface area contributed by atoms with E-state index in [9.17, 15) is 35.1 Å². The lowest BCUT2D eigenvalue weighted by Crippen LogP contribution is -2.25. The summed E-state index contributed by atoms with van der Waals surface area (Å²) in [6.45, 7) is 0. The zero-order valence-electron chi connectivity index (χ0n) is 18.6. The third-order valence-electron chi connectivity index (χ3n) is 4.71. The predicted octanol–water partition coefficient (Wildman–Crippen LogP) is 6.82. The molecule has 3 aromatic rings. The Labute approximate surface area is 198 Å². The fraction of sp³-hybridized carbons (Fsp3) is 0.217. The van der Waals surface area contributed by atoms with Gasteiger partial charge in [0.25, 0.3) is 0 Å². The van der Waals surface area contributed by atoms with Crippen LogP contribution in [-0.4, -0.2) is 27.7 Å². The Kier molecular flexibility index (Phi) is 7.41. The van der Waals surface area contributed by atoms with Crippen LogP contribution in [-0.2, 0) is 6.11 Å². The highest BCUT2D eigenvalue weighted by molar-refractivity contribution is 5.78. The summed E-state index contributed by atoms with van der Waals surface area (Å²) in [4.78, 5) is 0. The molecule has 0 heterocycles. The minimum Gasteiger partial charge on any atom is -0.496 e. The maximum atomic E-state index is 14.8. The van der Waals surface area contributed by atoms with Crippen LogP contribution >= 0.6 is 0 Å². The maximum absolute atomic E-state index is 14.8. The van der Waals surface area contributed by atoms with Crippen molar-refractivity contribution >= 4 is 0 Å². The molecule has 36 heavy (non-hydrogen) atoms. The van der Waals surface area contributed by atoms with Gasteiger partial charge in [-0.15, -0.1) is 13.2 Å². The average Bonchev–Trinajstić information content (AvgIpc) is 2.78.